The molecule has 1 heterocycles. The van der Waals surface area contributed by atoms with Crippen molar-refractivity contribution in [1.29, 1.82) is 0 Å². The average molecular weight is 322 g/mol. The van der Waals surface area contributed by atoms with E-state index in [0.29, 0.717) is 23.0 Å². The van der Waals surface area contributed by atoms with Crippen molar-refractivity contribution in [3.8, 4) is 11.5 Å². The normalized spacial score (nSPS) is 10.4. The summed E-state index contributed by atoms with van der Waals surface area (Å²) in [6.07, 6.45) is 0. The molecule has 0 radical (unpaired) electrons. The van der Waals surface area contributed by atoms with Crippen LogP contribution in [0, 0.1) is 13.8 Å². The van der Waals surface area contributed by atoms with E-state index in [-0.39, 0.29) is 12.5 Å². The summed E-state index contributed by atoms with van der Waals surface area (Å²) in [5.41, 5.74) is 1.29. The Morgan fingerprint density at radius 1 is 1.08 bits per heavy atom. The molecule has 0 aliphatic heterocycles. The molecule has 3 aromatic rings. The summed E-state index contributed by atoms with van der Waals surface area (Å²) in [7, 11) is 0. The van der Waals surface area contributed by atoms with Crippen molar-refractivity contribution in [1.82, 2.24) is 10.3 Å². The number of para-hydroxylation sites is 2. The van der Waals surface area contributed by atoms with Gasteiger partial charge in [0, 0.05) is 0 Å². The average Bonchev–Trinajstić information content (AvgIpc) is 2.92. The number of hydrogen-bond donors (Lipinski definition) is 1. The second kappa shape index (κ2) is 7.00. The van der Waals surface area contributed by atoms with Crippen molar-refractivity contribution >= 4 is 5.91 Å². The number of nitrogens with zero attached hydrogens (tertiary/aromatic N) is 1. The van der Waals surface area contributed by atoms with Crippen molar-refractivity contribution < 1.29 is 13.9 Å². The second-order valence-corrected chi connectivity index (χ2v) is 5.34. The minimum absolute atomic E-state index is 0.229. The number of aryl methyl sites for hydroxylation is 2. The van der Waals surface area contributed by atoms with Gasteiger partial charge in [0.15, 0.2) is 0 Å². The third kappa shape index (κ3) is 3.63. The fraction of sp³-hybridized carbons (Fsp3) is 0.158. The molecule has 24 heavy (non-hydrogen) atoms. The van der Waals surface area contributed by atoms with E-state index in [1.165, 1.54) is 0 Å². The maximum Gasteiger partial charge on any atom is 0.255 e. The minimum Gasteiger partial charge on any atom is -0.457 e. The van der Waals surface area contributed by atoms with Gasteiger partial charge < -0.3 is 14.5 Å². The van der Waals surface area contributed by atoms with Crippen LogP contribution in [-0.4, -0.2) is 10.9 Å². The van der Waals surface area contributed by atoms with Gasteiger partial charge in [0.05, 0.1) is 17.8 Å². The van der Waals surface area contributed by atoms with Crippen LogP contribution in [0.5, 0.6) is 11.5 Å². The quantitative estimate of drug-likeness (QED) is 0.771. The van der Waals surface area contributed by atoms with Gasteiger partial charge in [-0.2, -0.15) is 0 Å². The van der Waals surface area contributed by atoms with Crippen LogP contribution in [0.3, 0.4) is 0 Å². The monoisotopic (exact) mass is 322 g/mol. The van der Waals surface area contributed by atoms with E-state index in [1.54, 1.807) is 18.2 Å². The maximum atomic E-state index is 12.5. The molecule has 3 rings (SSSR count). The molecule has 0 aliphatic rings. The van der Waals surface area contributed by atoms with Crippen molar-refractivity contribution in [2.75, 3.05) is 0 Å². The highest BCUT2D eigenvalue weighted by Gasteiger charge is 2.14. The number of benzene rings is 2. The zero-order valence-corrected chi connectivity index (χ0v) is 13.6. The number of carbonyl (C=O) groups is 1. The van der Waals surface area contributed by atoms with E-state index in [4.69, 9.17) is 9.15 Å². The molecule has 0 saturated carbocycles. The predicted molar refractivity (Wildman–Crippen MR) is 90.1 cm³/mol. The highest BCUT2D eigenvalue weighted by molar-refractivity contribution is 5.96. The molecule has 0 unspecified atom stereocenters. The summed E-state index contributed by atoms with van der Waals surface area (Å²) in [6, 6.07) is 16.5. The molecular formula is C19H18N2O3. The largest absolute Gasteiger partial charge is 0.457 e. The van der Waals surface area contributed by atoms with Gasteiger partial charge in [0.25, 0.3) is 5.91 Å². The summed E-state index contributed by atoms with van der Waals surface area (Å²) >= 11 is 0. The third-order valence-corrected chi connectivity index (χ3v) is 3.58. The summed E-state index contributed by atoms with van der Waals surface area (Å²) in [4.78, 5) is 16.7. The molecule has 122 valence electrons. The summed E-state index contributed by atoms with van der Waals surface area (Å²) < 4.78 is 11.3. The Bertz CT molecular complexity index is 821. The predicted octanol–water partition coefficient (Wildman–Crippen LogP) is 4.01. The first-order valence-corrected chi connectivity index (χ1v) is 7.66. The lowest BCUT2D eigenvalue weighted by Gasteiger charge is -2.10. The van der Waals surface area contributed by atoms with E-state index in [0.717, 1.165) is 11.5 Å². The first kappa shape index (κ1) is 15.8. The summed E-state index contributed by atoms with van der Waals surface area (Å²) in [5, 5.41) is 2.81. The molecular weight excluding hydrogens is 304 g/mol. The summed E-state index contributed by atoms with van der Waals surface area (Å²) in [5.74, 6) is 2.18. The lowest BCUT2D eigenvalue weighted by atomic mass is 10.2. The topological polar surface area (TPSA) is 64.4 Å². The number of rotatable bonds is 5. The van der Waals surface area contributed by atoms with Crippen LogP contribution in [0.4, 0.5) is 0 Å². The fourth-order valence-corrected chi connectivity index (χ4v) is 2.22. The van der Waals surface area contributed by atoms with Gasteiger partial charge in [-0.05, 0) is 38.1 Å². The van der Waals surface area contributed by atoms with E-state index in [1.807, 2.05) is 50.2 Å². The van der Waals surface area contributed by atoms with Gasteiger partial charge in [-0.3, -0.25) is 4.79 Å². The number of amides is 1. The van der Waals surface area contributed by atoms with Gasteiger partial charge in [-0.1, -0.05) is 30.3 Å². The first-order valence-electron chi connectivity index (χ1n) is 7.66. The van der Waals surface area contributed by atoms with Crippen molar-refractivity contribution in [3.05, 3.63) is 77.5 Å². The van der Waals surface area contributed by atoms with Crippen LogP contribution in [0.2, 0.25) is 0 Å². The molecule has 0 aliphatic carbocycles. The summed E-state index contributed by atoms with van der Waals surface area (Å²) in [6.45, 7) is 3.94. The van der Waals surface area contributed by atoms with Gasteiger partial charge >= 0.3 is 0 Å². The van der Waals surface area contributed by atoms with E-state index in [2.05, 4.69) is 10.3 Å². The number of nitrogens with one attached hydrogen (secondary N) is 1. The Morgan fingerprint density at radius 2 is 1.79 bits per heavy atom. The Morgan fingerprint density at radius 3 is 2.50 bits per heavy atom. The van der Waals surface area contributed by atoms with Gasteiger partial charge in [-0.15, -0.1) is 0 Å². The molecule has 5 nitrogen and oxygen atoms in total. The Hall–Kier alpha value is -3.08. The Labute approximate surface area is 140 Å². The highest BCUT2D eigenvalue weighted by atomic mass is 16.5. The molecule has 0 fully saturated rings. The molecule has 1 N–H and O–H groups in total. The Kier molecular flexibility index (Phi) is 4.61. The van der Waals surface area contributed by atoms with Crippen LogP contribution in [0.25, 0.3) is 0 Å². The maximum absolute atomic E-state index is 12.5. The van der Waals surface area contributed by atoms with Crippen LogP contribution in [0.1, 0.15) is 27.7 Å². The molecule has 0 bridgehead atoms. The number of aromatic nitrogens is 1. The van der Waals surface area contributed by atoms with Gasteiger partial charge in [0.1, 0.15) is 17.3 Å². The molecule has 1 aromatic heterocycles. The van der Waals surface area contributed by atoms with E-state index in [9.17, 15) is 4.79 Å². The zero-order chi connectivity index (χ0) is 16.9. The number of hydrogen-bond acceptors (Lipinski definition) is 4. The number of oxazole rings is 1. The molecule has 0 spiro atoms. The fourth-order valence-electron chi connectivity index (χ4n) is 2.22. The zero-order valence-electron chi connectivity index (χ0n) is 13.6. The SMILES string of the molecule is Cc1nc(CNC(=O)c2ccccc2Oc2ccccc2)oc1C. The van der Waals surface area contributed by atoms with Crippen molar-refractivity contribution in [2.24, 2.45) is 0 Å². The molecule has 0 atom stereocenters. The van der Waals surface area contributed by atoms with Gasteiger partial charge in [-0.25, -0.2) is 4.98 Å². The number of carbonyl (C=O) groups excluding carboxylic acids is 1. The number of ether oxygens (including phenoxy) is 1. The Balaban J connectivity index is 1.72. The minimum atomic E-state index is -0.241. The molecule has 2 aromatic carbocycles. The standard InChI is InChI=1S/C19H18N2O3/c1-13-14(2)23-18(21-13)12-20-19(22)16-10-6-7-11-17(16)24-15-8-4-3-5-9-15/h3-11H,12H2,1-2H3,(H,20,22). The third-order valence-electron chi connectivity index (χ3n) is 3.58. The van der Waals surface area contributed by atoms with E-state index < -0.39 is 0 Å². The second-order valence-electron chi connectivity index (χ2n) is 5.34. The van der Waals surface area contributed by atoms with Crippen LogP contribution < -0.4 is 10.1 Å². The lowest BCUT2D eigenvalue weighted by Crippen LogP contribution is -2.23. The van der Waals surface area contributed by atoms with E-state index >= 15 is 0 Å². The molecule has 5 heteroatoms. The van der Waals surface area contributed by atoms with Crippen LogP contribution in [-0.2, 0) is 6.54 Å². The highest BCUT2D eigenvalue weighted by Crippen LogP contribution is 2.25. The molecule has 0 saturated heterocycles. The molecule has 1 amide bonds. The van der Waals surface area contributed by atoms with Crippen molar-refractivity contribution in [2.45, 2.75) is 20.4 Å². The first-order chi connectivity index (χ1) is 11.6. The van der Waals surface area contributed by atoms with Crippen LogP contribution in [0.15, 0.2) is 59.0 Å². The van der Waals surface area contributed by atoms with Crippen molar-refractivity contribution in [3.63, 3.8) is 0 Å². The lowest BCUT2D eigenvalue weighted by molar-refractivity contribution is 0.0945. The van der Waals surface area contributed by atoms with Crippen LogP contribution >= 0.6 is 0 Å². The van der Waals surface area contributed by atoms with Gasteiger partial charge in [0.2, 0.25) is 5.89 Å². The smallest absolute Gasteiger partial charge is 0.255 e.